The molecule has 1 amide bonds. The van der Waals surface area contributed by atoms with Crippen molar-refractivity contribution in [2.24, 2.45) is 5.73 Å². The smallest absolute Gasteiger partial charge is 0.294 e. The molecule has 0 bridgehead atoms. The largest absolute Gasteiger partial charge is 0.486 e. The van der Waals surface area contributed by atoms with Crippen molar-refractivity contribution in [3.63, 3.8) is 0 Å². The number of rotatable bonds is 3. The zero-order valence-electron chi connectivity index (χ0n) is 11.9. The summed E-state index contributed by atoms with van der Waals surface area (Å²) in [4.78, 5) is 14.3. The number of fused-ring (bicyclic) bond motifs is 1. The van der Waals surface area contributed by atoms with Gasteiger partial charge in [0, 0.05) is 6.54 Å². The number of nitrogens with zero attached hydrogens (tertiary/aromatic N) is 1. The van der Waals surface area contributed by atoms with E-state index < -0.39 is 0 Å². The lowest BCUT2D eigenvalue weighted by molar-refractivity contribution is 0.0928. The highest BCUT2D eigenvalue weighted by Gasteiger charge is 2.30. The Labute approximate surface area is 123 Å². The minimum Gasteiger partial charge on any atom is -0.486 e. The van der Waals surface area contributed by atoms with E-state index in [4.69, 9.17) is 14.9 Å². The van der Waals surface area contributed by atoms with E-state index in [1.807, 2.05) is 25.1 Å². The highest BCUT2D eigenvalue weighted by atomic mass is 16.5. The number of benzene rings is 1. The molecule has 3 rings (SSSR count). The van der Waals surface area contributed by atoms with Crippen molar-refractivity contribution in [3.05, 3.63) is 47.9 Å². The predicted octanol–water partition coefficient (Wildman–Crippen LogP) is 2.56. The molecule has 1 unspecified atom stereocenters. The van der Waals surface area contributed by atoms with Gasteiger partial charge in [0.2, 0.25) is 0 Å². The van der Waals surface area contributed by atoms with Crippen LogP contribution >= 0.6 is 0 Å². The summed E-state index contributed by atoms with van der Waals surface area (Å²) in [6.07, 6.45) is 2.31. The molecular weight excluding hydrogens is 268 g/mol. The summed E-state index contributed by atoms with van der Waals surface area (Å²) in [5.74, 6) is 0.889. The van der Waals surface area contributed by atoms with Crippen LogP contribution in [0.5, 0.6) is 5.75 Å². The molecule has 5 nitrogen and oxygen atoms in total. The number of anilines is 1. The number of amides is 1. The molecule has 21 heavy (non-hydrogen) atoms. The molecule has 2 heterocycles. The Bertz CT molecular complexity index is 637. The second-order valence-corrected chi connectivity index (χ2v) is 5.05. The van der Waals surface area contributed by atoms with E-state index in [0.29, 0.717) is 24.6 Å². The Kier molecular flexibility index (Phi) is 3.66. The second kappa shape index (κ2) is 5.61. The maximum atomic E-state index is 12.6. The van der Waals surface area contributed by atoms with E-state index in [2.05, 4.69) is 0 Å². The number of carbonyl (C=O) groups excluding carboxylic acids is 1. The average Bonchev–Trinajstić information content (AvgIpc) is 3.06. The van der Waals surface area contributed by atoms with E-state index >= 15 is 0 Å². The molecule has 1 aliphatic heterocycles. The van der Waals surface area contributed by atoms with Gasteiger partial charge in [0.1, 0.15) is 11.9 Å². The summed E-state index contributed by atoms with van der Waals surface area (Å²) < 4.78 is 11.2. The van der Waals surface area contributed by atoms with Crippen LogP contribution in [0.2, 0.25) is 0 Å². The molecule has 110 valence electrons. The Morgan fingerprint density at radius 1 is 1.43 bits per heavy atom. The molecule has 1 aromatic heterocycles. The Morgan fingerprint density at radius 2 is 2.29 bits per heavy atom. The molecule has 0 radical (unpaired) electrons. The number of carbonyl (C=O) groups is 1. The van der Waals surface area contributed by atoms with E-state index in [1.54, 1.807) is 17.0 Å². The third-order valence-corrected chi connectivity index (χ3v) is 3.66. The van der Waals surface area contributed by atoms with Gasteiger partial charge < -0.3 is 14.9 Å². The molecular formula is C16H18N2O3. The average molecular weight is 286 g/mol. The normalized spacial score (nSPS) is 17.2. The molecule has 0 saturated heterocycles. The first-order chi connectivity index (χ1) is 10.2. The van der Waals surface area contributed by atoms with Gasteiger partial charge in [0.25, 0.3) is 5.91 Å². The van der Waals surface area contributed by atoms with E-state index in [-0.39, 0.29) is 12.0 Å². The molecule has 5 heteroatoms. The van der Waals surface area contributed by atoms with Crippen molar-refractivity contribution in [1.29, 1.82) is 0 Å². The van der Waals surface area contributed by atoms with Gasteiger partial charge >= 0.3 is 0 Å². The first-order valence-electron chi connectivity index (χ1n) is 7.08. The minimum absolute atomic E-state index is 0.0237. The maximum absolute atomic E-state index is 12.6. The Morgan fingerprint density at radius 3 is 2.95 bits per heavy atom. The third kappa shape index (κ3) is 2.52. The Hall–Kier alpha value is -2.27. The van der Waals surface area contributed by atoms with E-state index in [0.717, 1.165) is 17.7 Å². The minimum atomic E-state index is -0.150. The summed E-state index contributed by atoms with van der Waals surface area (Å²) in [6.45, 7) is 3.00. The van der Waals surface area contributed by atoms with Crippen molar-refractivity contribution >= 4 is 11.6 Å². The number of hydrogen-bond donors (Lipinski definition) is 1. The number of furan rings is 1. The molecule has 0 saturated carbocycles. The van der Waals surface area contributed by atoms with Crippen LogP contribution < -0.4 is 15.4 Å². The summed E-state index contributed by atoms with van der Waals surface area (Å²) in [5.41, 5.74) is 7.42. The zero-order valence-corrected chi connectivity index (χ0v) is 11.9. The van der Waals surface area contributed by atoms with Crippen molar-refractivity contribution in [2.45, 2.75) is 26.0 Å². The lowest BCUT2D eigenvalue weighted by Crippen LogP contribution is -2.43. The number of ether oxygens (including phenoxy) is 1. The van der Waals surface area contributed by atoms with Gasteiger partial charge in [-0.15, -0.1) is 0 Å². The summed E-state index contributed by atoms with van der Waals surface area (Å²) in [7, 11) is 0. The van der Waals surface area contributed by atoms with Gasteiger partial charge in [-0.25, -0.2) is 0 Å². The summed E-state index contributed by atoms with van der Waals surface area (Å²) >= 11 is 0. The van der Waals surface area contributed by atoms with Gasteiger partial charge in [-0.3, -0.25) is 9.69 Å². The third-order valence-electron chi connectivity index (χ3n) is 3.66. The number of hydrogen-bond acceptors (Lipinski definition) is 4. The van der Waals surface area contributed by atoms with E-state index in [1.165, 1.54) is 6.26 Å². The van der Waals surface area contributed by atoms with Gasteiger partial charge in [-0.2, -0.15) is 0 Å². The highest BCUT2D eigenvalue weighted by molar-refractivity contribution is 6.05. The molecule has 1 atom stereocenters. The van der Waals surface area contributed by atoms with Crippen LogP contribution in [0.25, 0.3) is 0 Å². The summed E-state index contributed by atoms with van der Waals surface area (Å²) in [6, 6.07) is 9.08. The van der Waals surface area contributed by atoms with Gasteiger partial charge in [0.15, 0.2) is 5.76 Å². The van der Waals surface area contributed by atoms with Crippen LogP contribution in [-0.2, 0) is 6.54 Å². The predicted molar refractivity (Wildman–Crippen MR) is 79.4 cm³/mol. The maximum Gasteiger partial charge on any atom is 0.294 e. The van der Waals surface area contributed by atoms with E-state index in [9.17, 15) is 4.79 Å². The monoisotopic (exact) mass is 286 g/mol. The molecule has 0 aliphatic carbocycles. The topological polar surface area (TPSA) is 68.7 Å². The quantitative estimate of drug-likeness (QED) is 0.941. The molecule has 2 N–H and O–H groups in total. The highest BCUT2D eigenvalue weighted by Crippen LogP contribution is 2.35. The summed E-state index contributed by atoms with van der Waals surface area (Å²) in [5, 5.41) is 0. The van der Waals surface area contributed by atoms with Crippen LogP contribution in [0, 0.1) is 0 Å². The van der Waals surface area contributed by atoms with Crippen LogP contribution in [0.1, 0.15) is 29.5 Å². The van der Waals surface area contributed by atoms with Crippen LogP contribution in [0.3, 0.4) is 0 Å². The Balaban J connectivity index is 1.99. The van der Waals surface area contributed by atoms with Crippen molar-refractivity contribution in [3.8, 4) is 5.75 Å². The molecule has 0 spiro atoms. The zero-order chi connectivity index (χ0) is 14.8. The SMILES string of the molecule is CCC1CN(C(=O)c2ccco2)c2ccc(CN)cc2O1. The molecule has 1 aliphatic rings. The lowest BCUT2D eigenvalue weighted by Gasteiger charge is -2.34. The van der Waals surface area contributed by atoms with Gasteiger partial charge in [-0.1, -0.05) is 13.0 Å². The van der Waals surface area contributed by atoms with Crippen LogP contribution in [0.15, 0.2) is 41.0 Å². The molecule has 2 aromatic rings. The van der Waals surface area contributed by atoms with Crippen LogP contribution in [-0.4, -0.2) is 18.6 Å². The van der Waals surface area contributed by atoms with Gasteiger partial charge in [-0.05, 0) is 36.2 Å². The lowest BCUT2D eigenvalue weighted by atomic mass is 10.1. The standard InChI is InChI=1S/C16H18N2O3/c1-2-12-10-18(16(19)14-4-3-7-20-14)13-6-5-11(9-17)8-15(13)21-12/h3-8,12H,2,9-10,17H2,1H3. The fourth-order valence-corrected chi connectivity index (χ4v) is 2.46. The van der Waals surface area contributed by atoms with Crippen molar-refractivity contribution < 1.29 is 13.9 Å². The molecule has 1 aromatic carbocycles. The van der Waals surface area contributed by atoms with Crippen molar-refractivity contribution in [1.82, 2.24) is 0 Å². The first-order valence-corrected chi connectivity index (χ1v) is 7.08. The van der Waals surface area contributed by atoms with Crippen LogP contribution in [0.4, 0.5) is 5.69 Å². The fraction of sp³-hybridized carbons (Fsp3) is 0.312. The second-order valence-electron chi connectivity index (χ2n) is 5.05. The number of nitrogens with two attached hydrogens (primary N) is 1. The fourth-order valence-electron chi connectivity index (χ4n) is 2.46. The molecule has 0 fully saturated rings. The van der Waals surface area contributed by atoms with Gasteiger partial charge in [0.05, 0.1) is 18.5 Å². The first kappa shape index (κ1) is 13.7. The van der Waals surface area contributed by atoms with Crippen molar-refractivity contribution in [2.75, 3.05) is 11.4 Å².